The number of anilines is 1. The molecule has 132 valence electrons. The van der Waals surface area contributed by atoms with Crippen LogP contribution in [0.4, 0.5) is 10.5 Å². The fourth-order valence-electron chi connectivity index (χ4n) is 3.88. The summed E-state index contributed by atoms with van der Waals surface area (Å²) < 4.78 is 5.11. The van der Waals surface area contributed by atoms with Gasteiger partial charge in [-0.25, -0.2) is 4.79 Å². The predicted molar refractivity (Wildman–Crippen MR) is 96.6 cm³/mol. The van der Waals surface area contributed by atoms with E-state index in [4.69, 9.17) is 4.74 Å². The molecular formula is C19H29N3O2. The Bertz CT molecular complexity index is 518. The van der Waals surface area contributed by atoms with Crippen molar-refractivity contribution >= 4 is 11.7 Å². The number of rotatable bonds is 5. The Kier molecular flexibility index (Phi) is 5.96. The SMILES string of the molecule is COc1ccc(NC(=O)NCC2CCN(C3CCCC3)CC2)cc1. The molecule has 1 aromatic carbocycles. The van der Waals surface area contributed by atoms with E-state index in [1.165, 1.54) is 51.6 Å². The van der Waals surface area contributed by atoms with E-state index < -0.39 is 0 Å². The fraction of sp³-hybridized carbons (Fsp3) is 0.632. The van der Waals surface area contributed by atoms with E-state index >= 15 is 0 Å². The van der Waals surface area contributed by atoms with Crippen molar-refractivity contribution in [2.45, 2.75) is 44.6 Å². The summed E-state index contributed by atoms with van der Waals surface area (Å²) in [6, 6.07) is 8.08. The zero-order chi connectivity index (χ0) is 16.8. The number of piperidine rings is 1. The quantitative estimate of drug-likeness (QED) is 0.868. The van der Waals surface area contributed by atoms with Gasteiger partial charge in [0.2, 0.25) is 0 Å². The predicted octanol–water partition coefficient (Wildman–Crippen LogP) is 3.47. The van der Waals surface area contributed by atoms with Crippen molar-refractivity contribution in [2.24, 2.45) is 5.92 Å². The Morgan fingerprint density at radius 3 is 2.42 bits per heavy atom. The van der Waals surface area contributed by atoms with Gasteiger partial charge in [-0.3, -0.25) is 0 Å². The minimum Gasteiger partial charge on any atom is -0.497 e. The van der Waals surface area contributed by atoms with Crippen LogP contribution in [-0.2, 0) is 0 Å². The van der Waals surface area contributed by atoms with E-state index in [0.29, 0.717) is 5.92 Å². The molecule has 2 N–H and O–H groups in total. The first kappa shape index (κ1) is 17.1. The molecule has 0 bridgehead atoms. The van der Waals surface area contributed by atoms with Crippen molar-refractivity contribution in [2.75, 3.05) is 32.1 Å². The molecule has 1 aliphatic carbocycles. The fourth-order valence-corrected chi connectivity index (χ4v) is 3.88. The minimum atomic E-state index is -0.126. The van der Waals surface area contributed by atoms with Crippen LogP contribution in [0.15, 0.2) is 24.3 Å². The van der Waals surface area contributed by atoms with Crippen LogP contribution in [0.3, 0.4) is 0 Å². The molecule has 0 atom stereocenters. The first-order valence-electron chi connectivity index (χ1n) is 9.17. The van der Waals surface area contributed by atoms with Crippen LogP contribution >= 0.6 is 0 Å². The number of nitrogens with zero attached hydrogens (tertiary/aromatic N) is 1. The summed E-state index contributed by atoms with van der Waals surface area (Å²) in [4.78, 5) is 14.7. The maximum absolute atomic E-state index is 12.0. The zero-order valence-corrected chi connectivity index (χ0v) is 14.6. The molecule has 5 heteroatoms. The van der Waals surface area contributed by atoms with Crippen molar-refractivity contribution in [1.82, 2.24) is 10.2 Å². The van der Waals surface area contributed by atoms with Crippen LogP contribution in [-0.4, -0.2) is 43.7 Å². The van der Waals surface area contributed by atoms with Crippen LogP contribution in [0.1, 0.15) is 38.5 Å². The summed E-state index contributed by atoms with van der Waals surface area (Å²) in [5, 5.41) is 5.88. The Hall–Kier alpha value is -1.75. The summed E-state index contributed by atoms with van der Waals surface area (Å²) >= 11 is 0. The Morgan fingerprint density at radius 2 is 1.79 bits per heavy atom. The van der Waals surface area contributed by atoms with Gasteiger partial charge in [-0.2, -0.15) is 0 Å². The molecule has 1 saturated carbocycles. The molecule has 0 unspecified atom stereocenters. The number of ether oxygens (including phenoxy) is 1. The van der Waals surface area contributed by atoms with Crippen molar-refractivity contribution in [1.29, 1.82) is 0 Å². The largest absolute Gasteiger partial charge is 0.497 e. The average molecular weight is 331 g/mol. The van der Waals surface area contributed by atoms with E-state index in [9.17, 15) is 4.79 Å². The lowest BCUT2D eigenvalue weighted by molar-refractivity contribution is 0.134. The summed E-state index contributed by atoms with van der Waals surface area (Å²) in [5.41, 5.74) is 0.782. The third-order valence-electron chi connectivity index (χ3n) is 5.39. The smallest absolute Gasteiger partial charge is 0.319 e. The number of methoxy groups -OCH3 is 1. The topological polar surface area (TPSA) is 53.6 Å². The number of amides is 2. The van der Waals surface area contributed by atoms with Gasteiger partial charge in [0.05, 0.1) is 7.11 Å². The maximum atomic E-state index is 12.0. The number of likely N-dealkylation sites (tertiary alicyclic amines) is 1. The normalized spacial score (nSPS) is 20.0. The van der Waals surface area contributed by atoms with E-state index in [2.05, 4.69) is 15.5 Å². The minimum absolute atomic E-state index is 0.126. The van der Waals surface area contributed by atoms with Crippen molar-refractivity contribution in [3.05, 3.63) is 24.3 Å². The van der Waals surface area contributed by atoms with Gasteiger partial charge in [0, 0.05) is 18.3 Å². The van der Waals surface area contributed by atoms with E-state index in [-0.39, 0.29) is 6.03 Å². The molecule has 3 rings (SSSR count). The highest BCUT2D eigenvalue weighted by molar-refractivity contribution is 5.89. The zero-order valence-electron chi connectivity index (χ0n) is 14.6. The van der Waals surface area contributed by atoms with Gasteiger partial charge in [0.15, 0.2) is 0 Å². The summed E-state index contributed by atoms with van der Waals surface area (Å²) in [6.07, 6.45) is 7.95. The molecule has 2 amide bonds. The van der Waals surface area contributed by atoms with Crippen LogP contribution < -0.4 is 15.4 Å². The number of urea groups is 1. The van der Waals surface area contributed by atoms with Crippen molar-refractivity contribution in [3.8, 4) is 5.75 Å². The summed E-state index contributed by atoms with van der Waals surface area (Å²) in [7, 11) is 1.63. The van der Waals surface area contributed by atoms with Gasteiger partial charge in [-0.05, 0) is 69.0 Å². The third-order valence-corrected chi connectivity index (χ3v) is 5.39. The van der Waals surface area contributed by atoms with Crippen molar-refractivity contribution < 1.29 is 9.53 Å². The second-order valence-electron chi connectivity index (χ2n) is 6.98. The highest BCUT2D eigenvalue weighted by Gasteiger charge is 2.27. The number of carbonyl (C=O) groups is 1. The monoisotopic (exact) mass is 331 g/mol. The molecular weight excluding hydrogens is 302 g/mol. The molecule has 0 spiro atoms. The Balaban J connectivity index is 1.35. The van der Waals surface area contributed by atoms with E-state index in [0.717, 1.165) is 24.0 Å². The van der Waals surface area contributed by atoms with Gasteiger partial charge in [0.1, 0.15) is 5.75 Å². The van der Waals surface area contributed by atoms with Crippen LogP contribution in [0.2, 0.25) is 0 Å². The van der Waals surface area contributed by atoms with Gasteiger partial charge >= 0.3 is 6.03 Å². The van der Waals surface area contributed by atoms with Gasteiger partial charge in [-0.15, -0.1) is 0 Å². The summed E-state index contributed by atoms with van der Waals surface area (Å²) in [5.74, 6) is 1.39. The number of hydrogen-bond donors (Lipinski definition) is 2. The number of benzene rings is 1. The molecule has 24 heavy (non-hydrogen) atoms. The highest BCUT2D eigenvalue weighted by Crippen LogP contribution is 2.27. The molecule has 1 aliphatic heterocycles. The molecule has 1 aromatic rings. The molecule has 0 radical (unpaired) electrons. The van der Waals surface area contributed by atoms with Crippen LogP contribution in [0, 0.1) is 5.92 Å². The van der Waals surface area contributed by atoms with Crippen molar-refractivity contribution in [3.63, 3.8) is 0 Å². The van der Waals surface area contributed by atoms with E-state index in [1.54, 1.807) is 7.11 Å². The number of carbonyl (C=O) groups excluding carboxylic acids is 1. The lowest BCUT2D eigenvalue weighted by Crippen LogP contribution is -2.43. The molecule has 1 heterocycles. The van der Waals surface area contributed by atoms with E-state index in [1.807, 2.05) is 24.3 Å². The maximum Gasteiger partial charge on any atom is 0.319 e. The lowest BCUT2D eigenvalue weighted by Gasteiger charge is -2.36. The molecule has 2 aliphatic rings. The second-order valence-corrected chi connectivity index (χ2v) is 6.98. The second kappa shape index (κ2) is 8.38. The Morgan fingerprint density at radius 1 is 1.12 bits per heavy atom. The summed E-state index contributed by atoms with van der Waals surface area (Å²) in [6.45, 7) is 3.15. The Labute approximate surface area is 144 Å². The first-order valence-corrected chi connectivity index (χ1v) is 9.17. The van der Waals surface area contributed by atoms with Gasteiger partial charge in [0.25, 0.3) is 0 Å². The van der Waals surface area contributed by atoms with Gasteiger partial charge in [-0.1, -0.05) is 12.8 Å². The standard InChI is InChI=1S/C19H29N3O2/c1-24-18-8-6-16(7-9-18)21-19(23)20-14-15-10-12-22(13-11-15)17-4-2-3-5-17/h6-9,15,17H,2-5,10-14H2,1H3,(H2,20,21,23). The first-order chi connectivity index (χ1) is 11.7. The van der Waals surface area contributed by atoms with Crippen LogP contribution in [0.25, 0.3) is 0 Å². The highest BCUT2D eigenvalue weighted by atomic mass is 16.5. The van der Waals surface area contributed by atoms with Crippen LogP contribution in [0.5, 0.6) is 5.75 Å². The number of nitrogens with one attached hydrogen (secondary N) is 2. The average Bonchev–Trinajstić information content (AvgIpc) is 3.16. The van der Waals surface area contributed by atoms with Gasteiger partial charge < -0.3 is 20.3 Å². The molecule has 5 nitrogen and oxygen atoms in total. The number of hydrogen-bond acceptors (Lipinski definition) is 3. The third kappa shape index (κ3) is 4.63. The lowest BCUT2D eigenvalue weighted by atomic mass is 9.95. The molecule has 2 fully saturated rings. The molecule has 0 aromatic heterocycles. The molecule has 1 saturated heterocycles.